The lowest BCUT2D eigenvalue weighted by Crippen LogP contribution is -2.47. The number of amides is 2. The highest BCUT2D eigenvalue weighted by molar-refractivity contribution is 6.31. The fraction of sp³-hybridized carbons (Fsp3) is 0.263. The van der Waals surface area contributed by atoms with E-state index < -0.39 is 0 Å². The standard InChI is InChI=1S/C19H18ClN7O/c1-12-3-4-15(5-16(12)20)24-19(28)25-11-18-17(8-23-26(18)9-13(25)2)27-10-14(6-21)7-22-27/h3-5,7-8,10,13H,9,11H2,1-2H3,(H,24,28). The van der Waals surface area contributed by atoms with Gasteiger partial charge < -0.3 is 10.2 Å². The summed E-state index contributed by atoms with van der Waals surface area (Å²) in [6, 6.07) is 7.27. The molecule has 3 heterocycles. The highest BCUT2D eigenvalue weighted by Crippen LogP contribution is 2.25. The van der Waals surface area contributed by atoms with Gasteiger partial charge in [0.15, 0.2) is 0 Å². The molecule has 1 aliphatic heterocycles. The average molecular weight is 396 g/mol. The Morgan fingerprint density at radius 2 is 2.18 bits per heavy atom. The molecule has 2 amide bonds. The second-order valence-corrected chi connectivity index (χ2v) is 7.22. The van der Waals surface area contributed by atoms with E-state index in [9.17, 15) is 4.79 Å². The molecule has 2 aromatic heterocycles. The molecule has 3 aromatic rings. The number of halogens is 1. The number of nitrogens with one attached hydrogen (secondary N) is 1. The van der Waals surface area contributed by atoms with Gasteiger partial charge in [-0.3, -0.25) is 4.68 Å². The van der Waals surface area contributed by atoms with Gasteiger partial charge in [0.25, 0.3) is 0 Å². The van der Waals surface area contributed by atoms with Gasteiger partial charge in [0, 0.05) is 16.9 Å². The third-order valence-corrected chi connectivity index (χ3v) is 5.27. The molecule has 0 spiro atoms. The van der Waals surface area contributed by atoms with E-state index in [1.165, 1.54) is 6.20 Å². The third kappa shape index (κ3) is 3.21. The number of anilines is 1. The largest absolute Gasteiger partial charge is 0.322 e. The summed E-state index contributed by atoms with van der Waals surface area (Å²) in [5, 5.41) is 21.2. The minimum absolute atomic E-state index is 0.0338. The van der Waals surface area contributed by atoms with Crippen LogP contribution in [0.3, 0.4) is 0 Å². The van der Waals surface area contributed by atoms with Crippen molar-refractivity contribution in [1.82, 2.24) is 24.5 Å². The molecule has 0 aliphatic carbocycles. The van der Waals surface area contributed by atoms with Gasteiger partial charge in [-0.25, -0.2) is 9.48 Å². The smallest absolute Gasteiger partial charge is 0.314 e. The predicted octanol–water partition coefficient (Wildman–Crippen LogP) is 3.34. The maximum Gasteiger partial charge on any atom is 0.322 e. The Morgan fingerprint density at radius 3 is 2.89 bits per heavy atom. The monoisotopic (exact) mass is 395 g/mol. The zero-order chi connectivity index (χ0) is 19.8. The summed E-state index contributed by atoms with van der Waals surface area (Å²) in [4.78, 5) is 14.6. The van der Waals surface area contributed by atoms with Crippen LogP contribution in [0.4, 0.5) is 10.5 Å². The van der Waals surface area contributed by atoms with Gasteiger partial charge >= 0.3 is 6.03 Å². The number of nitriles is 1. The lowest BCUT2D eigenvalue weighted by atomic mass is 10.2. The number of hydrogen-bond acceptors (Lipinski definition) is 4. The highest BCUT2D eigenvalue weighted by atomic mass is 35.5. The number of carbonyl (C=O) groups excluding carboxylic acids is 1. The van der Waals surface area contributed by atoms with Gasteiger partial charge in [-0.1, -0.05) is 17.7 Å². The Bertz CT molecular complexity index is 1090. The van der Waals surface area contributed by atoms with E-state index in [0.717, 1.165) is 16.9 Å². The number of hydrogen-bond donors (Lipinski definition) is 1. The molecule has 1 N–H and O–H groups in total. The number of benzene rings is 1. The Kier molecular flexibility index (Phi) is 4.53. The summed E-state index contributed by atoms with van der Waals surface area (Å²) >= 11 is 6.16. The van der Waals surface area contributed by atoms with E-state index in [-0.39, 0.29) is 12.1 Å². The molecule has 1 unspecified atom stereocenters. The first-order chi connectivity index (χ1) is 13.5. The van der Waals surface area contributed by atoms with Crippen LogP contribution in [0, 0.1) is 18.3 Å². The maximum atomic E-state index is 12.9. The van der Waals surface area contributed by atoms with Crippen LogP contribution in [0.15, 0.2) is 36.8 Å². The van der Waals surface area contributed by atoms with Crippen molar-refractivity contribution >= 4 is 23.3 Å². The van der Waals surface area contributed by atoms with Gasteiger partial charge in [0.05, 0.1) is 42.8 Å². The number of nitrogens with zero attached hydrogens (tertiary/aromatic N) is 6. The Hall–Kier alpha value is -3.31. The van der Waals surface area contributed by atoms with Crippen LogP contribution < -0.4 is 5.32 Å². The third-order valence-electron chi connectivity index (χ3n) is 4.86. The van der Waals surface area contributed by atoms with Gasteiger partial charge in [0.2, 0.25) is 0 Å². The molecule has 9 heteroatoms. The quantitative estimate of drug-likeness (QED) is 0.720. The lowest BCUT2D eigenvalue weighted by Gasteiger charge is -2.34. The summed E-state index contributed by atoms with van der Waals surface area (Å²) in [6.45, 7) is 4.84. The van der Waals surface area contributed by atoms with Crippen molar-refractivity contribution in [3.05, 3.63) is 58.6 Å². The van der Waals surface area contributed by atoms with Crippen molar-refractivity contribution in [2.24, 2.45) is 0 Å². The van der Waals surface area contributed by atoms with Crippen molar-refractivity contribution in [3.8, 4) is 11.8 Å². The van der Waals surface area contributed by atoms with Crippen LogP contribution in [0.5, 0.6) is 0 Å². The molecular formula is C19H18ClN7O. The fourth-order valence-electron chi connectivity index (χ4n) is 3.23. The first-order valence-corrected chi connectivity index (χ1v) is 9.17. The molecule has 0 fully saturated rings. The first-order valence-electron chi connectivity index (χ1n) is 8.80. The number of rotatable bonds is 2. The van der Waals surface area contributed by atoms with Crippen molar-refractivity contribution in [2.75, 3.05) is 5.32 Å². The van der Waals surface area contributed by atoms with E-state index in [4.69, 9.17) is 16.9 Å². The molecule has 142 valence electrons. The van der Waals surface area contributed by atoms with Crippen LogP contribution >= 0.6 is 11.6 Å². The minimum atomic E-state index is -0.205. The second kappa shape index (κ2) is 7.02. The van der Waals surface area contributed by atoms with Gasteiger partial charge in [-0.05, 0) is 31.5 Å². The highest BCUT2D eigenvalue weighted by Gasteiger charge is 2.30. The fourth-order valence-corrected chi connectivity index (χ4v) is 3.41. The molecular weight excluding hydrogens is 378 g/mol. The van der Waals surface area contributed by atoms with E-state index in [1.807, 2.05) is 30.7 Å². The summed E-state index contributed by atoms with van der Waals surface area (Å²) in [5.41, 5.74) is 3.69. The maximum absolute atomic E-state index is 12.9. The second-order valence-electron chi connectivity index (χ2n) is 6.82. The minimum Gasteiger partial charge on any atom is -0.314 e. The van der Waals surface area contributed by atoms with E-state index in [1.54, 1.807) is 28.0 Å². The Balaban J connectivity index is 1.58. The zero-order valence-electron chi connectivity index (χ0n) is 15.4. The summed E-state index contributed by atoms with van der Waals surface area (Å²) in [5.74, 6) is 0. The van der Waals surface area contributed by atoms with Crippen molar-refractivity contribution in [2.45, 2.75) is 33.0 Å². The van der Waals surface area contributed by atoms with Crippen LogP contribution in [-0.4, -0.2) is 36.5 Å². The molecule has 0 saturated carbocycles. The number of carbonyl (C=O) groups is 1. The predicted molar refractivity (Wildman–Crippen MR) is 104 cm³/mol. The molecule has 4 rings (SSSR count). The molecule has 28 heavy (non-hydrogen) atoms. The summed E-state index contributed by atoms with van der Waals surface area (Å²) in [7, 11) is 0. The molecule has 8 nitrogen and oxygen atoms in total. The van der Waals surface area contributed by atoms with Crippen LogP contribution in [0.25, 0.3) is 5.69 Å². The number of aromatic nitrogens is 4. The van der Waals surface area contributed by atoms with Gasteiger partial charge in [-0.2, -0.15) is 15.5 Å². The van der Waals surface area contributed by atoms with E-state index in [2.05, 4.69) is 21.6 Å². The van der Waals surface area contributed by atoms with E-state index in [0.29, 0.717) is 29.4 Å². The van der Waals surface area contributed by atoms with E-state index >= 15 is 0 Å². The molecule has 1 aromatic carbocycles. The Labute approximate surface area is 166 Å². The molecule has 0 radical (unpaired) electrons. The van der Waals surface area contributed by atoms with Crippen LogP contribution in [-0.2, 0) is 13.1 Å². The van der Waals surface area contributed by atoms with Gasteiger partial charge in [-0.15, -0.1) is 0 Å². The molecule has 0 bridgehead atoms. The number of aryl methyl sites for hydroxylation is 1. The molecule has 1 aliphatic rings. The molecule has 0 saturated heterocycles. The topological polar surface area (TPSA) is 91.8 Å². The zero-order valence-corrected chi connectivity index (χ0v) is 16.2. The number of urea groups is 1. The molecule has 1 atom stereocenters. The van der Waals surface area contributed by atoms with Crippen LogP contribution in [0.2, 0.25) is 5.02 Å². The van der Waals surface area contributed by atoms with Gasteiger partial charge in [0.1, 0.15) is 11.8 Å². The summed E-state index contributed by atoms with van der Waals surface area (Å²) < 4.78 is 3.49. The number of fused-ring (bicyclic) bond motifs is 1. The lowest BCUT2D eigenvalue weighted by molar-refractivity contribution is 0.161. The first kappa shape index (κ1) is 18.1. The normalized spacial score (nSPS) is 15.8. The van der Waals surface area contributed by atoms with Crippen molar-refractivity contribution in [1.29, 1.82) is 5.26 Å². The SMILES string of the molecule is Cc1ccc(NC(=O)N2Cc3c(-n4cc(C#N)cn4)cnn3CC2C)cc1Cl. The average Bonchev–Trinajstić information content (AvgIpc) is 3.30. The van der Waals surface area contributed by atoms with Crippen molar-refractivity contribution in [3.63, 3.8) is 0 Å². The van der Waals surface area contributed by atoms with Crippen molar-refractivity contribution < 1.29 is 4.79 Å². The Morgan fingerprint density at radius 1 is 1.36 bits per heavy atom. The summed E-state index contributed by atoms with van der Waals surface area (Å²) in [6.07, 6.45) is 4.85. The van der Waals surface area contributed by atoms with Crippen LogP contribution in [0.1, 0.15) is 23.7 Å².